The van der Waals surface area contributed by atoms with Crippen molar-refractivity contribution in [1.82, 2.24) is 10.2 Å². The maximum atomic E-state index is 12.6. The Hall–Kier alpha value is -1.78. The van der Waals surface area contributed by atoms with Gasteiger partial charge >= 0.3 is 0 Å². The SMILES string of the molecule is Cc1occc1C(=O)N1CCC[C@@H](C(=O)NC2CCCCC2)C1. The summed E-state index contributed by atoms with van der Waals surface area (Å²) in [7, 11) is 0. The van der Waals surface area contributed by atoms with Crippen molar-refractivity contribution in [3.8, 4) is 0 Å². The number of hydrogen-bond acceptors (Lipinski definition) is 3. The second kappa shape index (κ2) is 7.20. The minimum absolute atomic E-state index is 0.0218. The molecule has 2 aliphatic rings. The molecule has 0 radical (unpaired) electrons. The molecule has 1 aromatic heterocycles. The van der Waals surface area contributed by atoms with Crippen LogP contribution in [0.5, 0.6) is 0 Å². The molecule has 23 heavy (non-hydrogen) atoms. The Morgan fingerprint density at radius 1 is 1.17 bits per heavy atom. The number of nitrogens with one attached hydrogen (secondary N) is 1. The molecule has 1 aliphatic heterocycles. The van der Waals surface area contributed by atoms with E-state index in [1.54, 1.807) is 24.2 Å². The van der Waals surface area contributed by atoms with Gasteiger partial charge in [0.1, 0.15) is 5.76 Å². The van der Waals surface area contributed by atoms with Crippen molar-refractivity contribution in [3.05, 3.63) is 23.7 Å². The number of nitrogens with zero attached hydrogens (tertiary/aromatic N) is 1. The topological polar surface area (TPSA) is 62.6 Å². The molecule has 126 valence electrons. The maximum absolute atomic E-state index is 12.6. The summed E-state index contributed by atoms with van der Waals surface area (Å²) < 4.78 is 5.22. The van der Waals surface area contributed by atoms with E-state index < -0.39 is 0 Å². The van der Waals surface area contributed by atoms with E-state index in [4.69, 9.17) is 4.42 Å². The number of amides is 2. The molecular weight excluding hydrogens is 292 g/mol. The van der Waals surface area contributed by atoms with E-state index in [2.05, 4.69) is 5.32 Å². The van der Waals surface area contributed by atoms with Gasteiger partial charge in [-0.05, 0) is 38.7 Å². The Kier molecular flexibility index (Phi) is 5.03. The lowest BCUT2D eigenvalue weighted by atomic mass is 9.93. The summed E-state index contributed by atoms with van der Waals surface area (Å²) in [6, 6.07) is 2.04. The molecule has 1 saturated heterocycles. The van der Waals surface area contributed by atoms with Crippen molar-refractivity contribution in [3.63, 3.8) is 0 Å². The fourth-order valence-electron chi connectivity index (χ4n) is 3.72. The zero-order valence-corrected chi connectivity index (χ0v) is 13.8. The molecule has 1 N–H and O–H groups in total. The quantitative estimate of drug-likeness (QED) is 0.932. The van der Waals surface area contributed by atoms with Crippen LogP contribution in [0.4, 0.5) is 0 Å². The van der Waals surface area contributed by atoms with Crippen LogP contribution in [-0.4, -0.2) is 35.8 Å². The first kappa shape index (κ1) is 16.1. The predicted octanol–water partition coefficient (Wildman–Crippen LogP) is 2.89. The average Bonchev–Trinajstić information content (AvgIpc) is 3.01. The third-order valence-corrected chi connectivity index (χ3v) is 5.12. The van der Waals surface area contributed by atoms with Gasteiger partial charge in [0.25, 0.3) is 5.91 Å². The molecule has 1 saturated carbocycles. The molecular formula is C18H26N2O3. The normalized spacial score (nSPS) is 22.8. The summed E-state index contributed by atoms with van der Waals surface area (Å²) in [4.78, 5) is 26.9. The zero-order valence-electron chi connectivity index (χ0n) is 13.8. The van der Waals surface area contributed by atoms with Crippen LogP contribution in [0.1, 0.15) is 61.1 Å². The highest BCUT2D eigenvalue weighted by Crippen LogP contribution is 2.22. The van der Waals surface area contributed by atoms with Crippen LogP contribution in [0.25, 0.3) is 0 Å². The molecule has 1 atom stereocenters. The molecule has 1 aliphatic carbocycles. The molecule has 0 spiro atoms. The van der Waals surface area contributed by atoms with E-state index >= 15 is 0 Å². The number of carbonyl (C=O) groups is 2. The minimum atomic E-state index is -0.0816. The average molecular weight is 318 g/mol. The number of piperidine rings is 1. The van der Waals surface area contributed by atoms with E-state index in [-0.39, 0.29) is 17.7 Å². The van der Waals surface area contributed by atoms with Crippen molar-refractivity contribution < 1.29 is 14.0 Å². The molecule has 2 heterocycles. The van der Waals surface area contributed by atoms with E-state index in [0.717, 1.165) is 32.2 Å². The number of aryl methyl sites for hydroxylation is 1. The second-order valence-electron chi connectivity index (χ2n) is 6.82. The van der Waals surface area contributed by atoms with E-state index in [9.17, 15) is 9.59 Å². The van der Waals surface area contributed by atoms with Gasteiger partial charge in [0.15, 0.2) is 0 Å². The lowest BCUT2D eigenvalue weighted by Gasteiger charge is -2.33. The van der Waals surface area contributed by atoms with Gasteiger partial charge < -0.3 is 14.6 Å². The van der Waals surface area contributed by atoms with Gasteiger partial charge in [-0.3, -0.25) is 9.59 Å². The molecule has 2 fully saturated rings. The highest BCUT2D eigenvalue weighted by molar-refractivity contribution is 5.95. The van der Waals surface area contributed by atoms with Gasteiger partial charge in [0.05, 0.1) is 17.7 Å². The number of hydrogen-bond donors (Lipinski definition) is 1. The molecule has 3 rings (SSSR count). The summed E-state index contributed by atoms with van der Waals surface area (Å²) >= 11 is 0. The highest BCUT2D eigenvalue weighted by atomic mass is 16.3. The molecule has 5 heteroatoms. The highest BCUT2D eigenvalue weighted by Gasteiger charge is 2.31. The van der Waals surface area contributed by atoms with Gasteiger partial charge in [0, 0.05) is 19.1 Å². The van der Waals surface area contributed by atoms with Crippen LogP contribution >= 0.6 is 0 Å². The zero-order chi connectivity index (χ0) is 16.2. The third-order valence-electron chi connectivity index (χ3n) is 5.12. The van der Waals surface area contributed by atoms with Crippen molar-refractivity contribution in [2.24, 2.45) is 5.92 Å². The number of carbonyl (C=O) groups excluding carboxylic acids is 2. The van der Waals surface area contributed by atoms with Crippen LogP contribution in [0.2, 0.25) is 0 Å². The van der Waals surface area contributed by atoms with Gasteiger partial charge in [-0.2, -0.15) is 0 Å². The lowest BCUT2D eigenvalue weighted by Crippen LogP contribution is -2.48. The molecule has 0 aromatic carbocycles. The van der Waals surface area contributed by atoms with Crippen molar-refractivity contribution >= 4 is 11.8 Å². The molecule has 0 unspecified atom stereocenters. The first-order valence-corrected chi connectivity index (χ1v) is 8.79. The van der Waals surface area contributed by atoms with Crippen LogP contribution in [0.15, 0.2) is 16.7 Å². The Morgan fingerprint density at radius 3 is 2.65 bits per heavy atom. The van der Waals surface area contributed by atoms with E-state index in [0.29, 0.717) is 23.9 Å². The number of rotatable bonds is 3. The van der Waals surface area contributed by atoms with Crippen LogP contribution in [0.3, 0.4) is 0 Å². The molecule has 0 bridgehead atoms. The summed E-state index contributed by atoms with van der Waals surface area (Å²) in [6.07, 6.45) is 9.17. The number of furan rings is 1. The molecule has 1 aromatic rings. The smallest absolute Gasteiger partial charge is 0.257 e. The van der Waals surface area contributed by atoms with Gasteiger partial charge in [-0.1, -0.05) is 19.3 Å². The maximum Gasteiger partial charge on any atom is 0.257 e. The van der Waals surface area contributed by atoms with E-state index in [1.165, 1.54) is 19.3 Å². The van der Waals surface area contributed by atoms with Gasteiger partial charge in [-0.15, -0.1) is 0 Å². The van der Waals surface area contributed by atoms with Crippen LogP contribution < -0.4 is 5.32 Å². The van der Waals surface area contributed by atoms with Crippen molar-refractivity contribution in [2.75, 3.05) is 13.1 Å². The third kappa shape index (κ3) is 3.77. The van der Waals surface area contributed by atoms with Gasteiger partial charge in [0.2, 0.25) is 5.91 Å². The standard InChI is InChI=1S/C18H26N2O3/c1-13-16(9-11-23-13)18(22)20-10-5-6-14(12-20)17(21)19-15-7-3-2-4-8-15/h9,11,14-15H,2-8,10,12H2,1H3,(H,19,21)/t14-/m1/s1. The molecule has 2 amide bonds. The Balaban J connectivity index is 1.58. The summed E-state index contributed by atoms with van der Waals surface area (Å²) in [5, 5.41) is 3.20. The van der Waals surface area contributed by atoms with Crippen LogP contribution in [-0.2, 0) is 4.79 Å². The fourth-order valence-corrected chi connectivity index (χ4v) is 3.72. The Morgan fingerprint density at radius 2 is 1.96 bits per heavy atom. The largest absolute Gasteiger partial charge is 0.469 e. The predicted molar refractivity (Wildman–Crippen MR) is 87.1 cm³/mol. The first-order chi connectivity index (χ1) is 11.1. The first-order valence-electron chi connectivity index (χ1n) is 8.79. The lowest BCUT2D eigenvalue weighted by molar-refractivity contribution is -0.127. The summed E-state index contributed by atoms with van der Waals surface area (Å²) in [6.45, 7) is 3.03. The van der Waals surface area contributed by atoms with Gasteiger partial charge in [-0.25, -0.2) is 0 Å². The van der Waals surface area contributed by atoms with E-state index in [1.807, 2.05) is 0 Å². The molecule has 5 nitrogen and oxygen atoms in total. The summed E-state index contributed by atoms with van der Waals surface area (Å²) in [5.41, 5.74) is 0.610. The second-order valence-corrected chi connectivity index (χ2v) is 6.82. The Bertz CT molecular complexity index is 560. The monoisotopic (exact) mass is 318 g/mol. The van der Waals surface area contributed by atoms with Crippen molar-refractivity contribution in [1.29, 1.82) is 0 Å². The fraction of sp³-hybridized carbons (Fsp3) is 0.667. The number of likely N-dealkylation sites (tertiary alicyclic amines) is 1. The van der Waals surface area contributed by atoms with Crippen molar-refractivity contribution in [2.45, 2.75) is 57.9 Å². The Labute approximate surface area is 137 Å². The summed E-state index contributed by atoms with van der Waals surface area (Å²) in [5.74, 6) is 0.662. The van der Waals surface area contributed by atoms with Crippen LogP contribution in [0, 0.1) is 12.8 Å². The minimum Gasteiger partial charge on any atom is -0.469 e.